The minimum Gasteiger partial charge on any atom is -0.493 e. The molecule has 2 heterocycles. The zero-order valence-corrected chi connectivity index (χ0v) is 15.1. The van der Waals surface area contributed by atoms with Crippen molar-refractivity contribution in [3.8, 4) is 5.75 Å². The zero-order chi connectivity index (χ0) is 17.9. The SMILES string of the molecule is CC1Cc2ccccc2N1CCNC(=O)NC1CCOc2ccccc21. The lowest BCUT2D eigenvalue weighted by Gasteiger charge is -2.27. The third-order valence-electron chi connectivity index (χ3n) is 5.25. The first-order chi connectivity index (χ1) is 12.7. The number of carbonyl (C=O) groups is 1. The van der Waals surface area contributed by atoms with Crippen molar-refractivity contribution in [1.82, 2.24) is 10.6 Å². The van der Waals surface area contributed by atoms with Crippen LogP contribution in [0.15, 0.2) is 48.5 Å². The van der Waals surface area contributed by atoms with Crippen LogP contribution in [0.3, 0.4) is 0 Å². The van der Waals surface area contributed by atoms with E-state index in [0.29, 0.717) is 19.2 Å². The first kappa shape index (κ1) is 16.8. The molecule has 0 fully saturated rings. The number of amides is 2. The van der Waals surface area contributed by atoms with Crippen molar-refractivity contribution in [3.05, 3.63) is 59.7 Å². The number of nitrogens with one attached hydrogen (secondary N) is 2. The van der Waals surface area contributed by atoms with Crippen molar-refractivity contribution < 1.29 is 9.53 Å². The maximum Gasteiger partial charge on any atom is 0.315 e. The first-order valence-corrected chi connectivity index (χ1v) is 9.33. The Morgan fingerprint density at radius 2 is 2.00 bits per heavy atom. The van der Waals surface area contributed by atoms with Crippen LogP contribution in [0.25, 0.3) is 0 Å². The van der Waals surface area contributed by atoms with Gasteiger partial charge in [-0.25, -0.2) is 4.79 Å². The van der Waals surface area contributed by atoms with Gasteiger partial charge in [-0.2, -0.15) is 0 Å². The fourth-order valence-corrected chi connectivity index (χ4v) is 3.96. The lowest BCUT2D eigenvalue weighted by Crippen LogP contribution is -2.43. The number of anilines is 1. The van der Waals surface area contributed by atoms with Crippen LogP contribution in [0.2, 0.25) is 0 Å². The Balaban J connectivity index is 1.30. The molecule has 136 valence electrons. The van der Waals surface area contributed by atoms with Crippen LogP contribution in [0.4, 0.5) is 10.5 Å². The molecule has 2 N–H and O–H groups in total. The molecule has 0 aliphatic carbocycles. The van der Waals surface area contributed by atoms with Gasteiger partial charge in [0.25, 0.3) is 0 Å². The maximum absolute atomic E-state index is 12.3. The van der Waals surface area contributed by atoms with Gasteiger partial charge >= 0.3 is 6.03 Å². The molecule has 0 bridgehead atoms. The average Bonchev–Trinajstić information content (AvgIpc) is 2.98. The number of ether oxygens (including phenoxy) is 1. The largest absolute Gasteiger partial charge is 0.493 e. The second-order valence-corrected chi connectivity index (χ2v) is 7.00. The Morgan fingerprint density at radius 1 is 1.19 bits per heavy atom. The summed E-state index contributed by atoms with van der Waals surface area (Å²) in [6.07, 6.45) is 1.86. The second kappa shape index (κ2) is 7.28. The smallest absolute Gasteiger partial charge is 0.315 e. The van der Waals surface area contributed by atoms with Crippen LogP contribution in [-0.4, -0.2) is 31.8 Å². The summed E-state index contributed by atoms with van der Waals surface area (Å²) in [5, 5.41) is 6.09. The fraction of sp³-hybridized carbons (Fsp3) is 0.381. The van der Waals surface area contributed by atoms with Gasteiger partial charge < -0.3 is 20.3 Å². The summed E-state index contributed by atoms with van der Waals surface area (Å²) >= 11 is 0. The zero-order valence-electron chi connectivity index (χ0n) is 15.1. The number of rotatable bonds is 4. The molecule has 5 nitrogen and oxygen atoms in total. The summed E-state index contributed by atoms with van der Waals surface area (Å²) in [7, 11) is 0. The fourth-order valence-electron chi connectivity index (χ4n) is 3.96. The van der Waals surface area contributed by atoms with Gasteiger partial charge in [0.05, 0.1) is 12.6 Å². The third-order valence-corrected chi connectivity index (χ3v) is 5.25. The minimum atomic E-state index is -0.119. The quantitative estimate of drug-likeness (QED) is 0.889. The molecular formula is C21H25N3O2. The van der Waals surface area contributed by atoms with Crippen LogP contribution in [-0.2, 0) is 6.42 Å². The first-order valence-electron chi connectivity index (χ1n) is 9.33. The Bertz CT molecular complexity index is 792. The topological polar surface area (TPSA) is 53.6 Å². The molecule has 0 radical (unpaired) electrons. The second-order valence-electron chi connectivity index (χ2n) is 7.00. The van der Waals surface area contributed by atoms with Crippen molar-refractivity contribution in [1.29, 1.82) is 0 Å². The maximum atomic E-state index is 12.3. The van der Waals surface area contributed by atoms with Crippen LogP contribution < -0.4 is 20.3 Å². The van der Waals surface area contributed by atoms with Gasteiger partial charge in [-0.05, 0) is 31.0 Å². The van der Waals surface area contributed by atoms with Crippen LogP contribution in [0.1, 0.15) is 30.5 Å². The predicted molar refractivity (Wildman–Crippen MR) is 103 cm³/mol. The number of hydrogen-bond acceptors (Lipinski definition) is 3. The number of carbonyl (C=O) groups excluding carboxylic acids is 1. The highest BCUT2D eigenvalue weighted by molar-refractivity contribution is 5.74. The molecular weight excluding hydrogens is 326 g/mol. The Labute approximate surface area is 154 Å². The number of fused-ring (bicyclic) bond motifs is 2. The highest BCUT2D eigenvalue weighted by atomic mass is 16.5. The van der Waals surface area contributed by atoms with Gasteiger partial charge in [-0.1, -0.05) is 36.4 Å². The Morgan fingerprint density at radius 3 is 2.92 bits per heavy atom. The van der Waals surface area contributed by atoms with Crippen molar-refractivity contribution in [2.24, 2.45) is 0 Å². The Hall–Kier alpha value is -2.69. The summed E-state index contributed by atoms with van der Waals surface area (Å²) in [6.45, 7) is 4.30. The minimum absolute atomic E-state index is 0.00591. The summed E-state index contributed by atoms with van der Waals surface area (Å²) in [6, 6.07) is 16.8. The molecule has 4 rings (SSSR count). The highest BCUT2D eigenvalue weighted by Gasteiger charge is 2.25. The van der Waals surface area contributed by atoms with Crippen molar-refractivity contribution in [3.63, 3.8) is 0 Å². The lowest BCUT2D eigenvalue weighted by atomic mass is 10.0. The number of benzene rings is 2. The molecule has 26 heavy (non-hydrogen) atoms. The van der Waals surface area contributed by atoms with Gasteiger partial charge in [0, 0.05) is 36.8 Å². The monoisotopic (exact) mass is 351 g/mol. The molecule has 2 aromatic rings. The van der Waals surface area contributed by atoms with E-state index in [9.17, 15) is 4.79 Å². The molecule has 0 aromatic heterocycles. The van der Waals surface area contributed by atoms with E-state index in [-0.39, 0.29) is 12.1 Å². The van der Waals surface area contributed by atoms with Gasteiger partial charge in [-0.3, -0.25) is 0 Å². The van der Waals surface area contributed by atoms with E-state index in [4.69, 9.17) is 4.74 Å². The standard InChI is InChI=1S/C21H25N3O2/c1-15-14-16-6-2-4-8-19(16)24(15)12-11-22-21(25)23-18-10-13-26-20-9-5-3-7-17(18)20/h2-9,15,18H,10-14H2,1H3,(H2,22,23,25). The van der Waals surface area contributed by atoms with Gasteiger partial charge in [0.2, 0.25) is 0 Å². The Kier molecular flexibility index (Phi) is 4.69. The number of nitrogens with zero attached hydrogens (tertiary/aromatic N) is 1. The normalized spacial score (nSPS) is 20.7. The average molecular weight is 351 g/mol. The summed E-state index contributed by atoms with van der Waals surface area (Å²) in [5.74, 6) is 0.867. The van der Waals surface area contributed by atoms with Crippen LogP contribution in [0.5, 0.6) is 5.75 Å². The molecule has 2 unspecified atom stereocenters. The van der Waals surface area contributed by atoms with Gasteiger partial charge in [0.15, 0.2) is 0 Å². The summed E-state index contributed by atoms with van der Waals surface area (Å²) in [4.78, 5) is 14.7. The molecule has 0 saturated carbocycles. The molecule has 0 saturated heterocycles. The summed E-state index contributed by atoms with van der Waals surface area (Å²) in [5.41, 5.74) is 3.74. The van der Waals surface area contributed by atoms with Crippen LogP contribution in [0, 0.1) is 0 Å². The van der Waals surface area contributed by atoms with Crippen molar-refractivity contribution in [2.45, 2.75) is 31.8 Å². The van der Waals surface area contributed by atoms with E-state index < -0.39 is 0 Å². The molecule has 2 amide bonds. The molecule has 2 aliphatic heterocycles. The van der Waals surface area contributed by atoms with E-state index in [2.05, 4.69) is 46.7 Å². The molecule has 2 aromatic carbocycles. The summed E-state index contributed by atoms with van der Waals surface area (Å²) < 4.78 is 5.65. The lowest BCUT2D eigenvalue weighted by molar-refractivity contribution is 0.223. The van der Waals surface area contributed by atoms with Gasteiger partial charge in [0.1, 0.15) is 5.75 Å². The molecule has 2 atom stereocenters. The number of urea groups is 1. The molecule has 5 heteroatoms. The highest BCUT2D eigenvalue weighted by Crippen LogP contribution is 2.32. The number of para-hydroxylation sites is 2. The molecule has 0 spiro atoms. The van der Waals surface area contributed by atoms with Crippen LogP contribution >= 0.6 is 0 Å². The molecule has 2 aliphatic rings. The van der Waals surface area contributed by atoms with E-state index in [1.165, 1.54) is 11.3 Å². The predicted octanol–water partition coefficient (Wildman–Crippen LogP) is 3.26. The van der Waals surface area contributed by atoms with Gasteiger partial charge in [-0.15, -0.1) is 0 Å². The van der Waals surface area contributed by atoms with Crippen molar-refractivity contribution in [2.75, 3.05) is 24.6 Å². The van der Waals surface area contributed by atoms with E-state index >= 15 is 0 Å². The van der Waals surface area contributed by atoms with E-state index in [1.807, 2.05) is 24.3 Å². The van der Waals surface area contributed by atoms with E-state index in [1.54, 1.807) is 0 Å². The third kappa shape index (κ3) is 3.34. The number of hydrogen-bond donors (Lipinski definition) is 2. The van der Waals surface area contributed by atoms with E-state index in [0.717, 1.165) is 30.7 Å². The van der Waals surface area contributed by atoms with Crippen molar-refractivity contribution >= 4 is 11.7 Å².